The Hall–Kier alpha value is -6.94. The van der Waals surface area contributed by atoms with E-state index in [9.17, 15) is 59.1 Å². The van der Waals surface area contributed by atoms with E-state index in [2.05, 4.69) is 61.6 Å². The lowest BCUT2D eigenvalue weighted by molar-refractivity contribution is -0.144. The lowest BCUT2D eigenvalue weighted by Crippen LogP contribution is -2.57. The van der Waals surface area contributed by atoms with Crippen LogP contribution in [0, 0.1) is 17.8 Å². The highest BCUT2D eigenvalue weighted by Gasteiger charge is 2.49. The Morgan fingerprint density at radius 2 is 1.41 bits per heavy atom. The molecule has 3 aliphatic heterocycles. The highest BCUT2D eigenvalue weighted by atomic mass is 35.5. The molecule has 4 heterocycles. The summed E-state index contributed by atoms with van der Waals surface area (Å²) in [5.74, 6) is -2.10. The smallest absolute Gasteiger partial charge is 0.391 e. The summed E-state index contributed by atoms with van der Waals surface area (Å²) in [6.45, 7) is 18.8. The van der Waals surface area contributed by atoms with Crippen LogP contribution in [0.15, 0.2) is 112 Å². The van der Waals surface area contributed by atoms with E-state index in [0.29, 0.717) is 82.6 Å². The van der Waals surface area contributed by atoms with Gasteiger partial charge in [-0.05, 0) is 140 Å². The van der Waals surface area contributed by atoms with Gasteiger partial charge in [-0.25, -0.2) is 26.5 Å². The second-order valence-electron chi connectivity index (χ2n) is 28.4. The Kier molecular flexibility index (Phi) is 25.6. The molecule has 3 fully saturated rings. The van der Waals surface area contributed by atoms with Crippen molar-refractivity contribution in [1.29, 1.82) is 0 Å². The summed E-state index contributed by atoms with van der Waals surface area (Å²) in [7, 11) is -10.9. The number of nitrogens with zero attached hydrogens (tertiary/aromatic N) is 6. The molecule has 3 saturated heterocycles. The summed E-state index contributed by atoms with van der Waals surface area (Å²) in [6.07, 6.45) is 7.87. The summed E-state index contributed by atoms with van der Waals surface area (Å²) in [5, 5.41) is 19.9. The van der Waals surface area contributed by atoms with Crippen molar-refractivity contribution in [3.05, 3.63) is 129 Å². The molecule has 20 nitrogen and oxygen atoms in total. The van der Waals surface area contributed by atoms with Crippen LogP contribution in [-0.4, -0.2) is 178 Å². The molecule has 0 unspecified atom stereocenters. The molecular weight excluding hydrogens is 1350 g/mol. The number of aliphatic hydroxyl groups excluding tert-OH is 1. The van der Waals surface area contributed by atoms with Crippen molar-refractivity contribution < 1.29 is 59.1 Å². The first kappa shape index (κ1) is 76.2. The minimum atomic E-state index is -6.07. The van der Waals surface area contributed by atoms with E-state index >= 15 is 0 Å². The fourth-order valence-electron chi connectivity index (χ4n) is 13.4. The van der Waals surface area contributed by atoms with Crippen LogP contribution in [0.25, 0.3) is 16.0 Å². The number of aryl methyl sites for hydroxylation is 1. The predicted octanol–water partition coefficient (Wildman–Crippen LogP) is 10.8. The Bertz CT molecular complexity index is 3910. The van der Waals surface area contributed by atoms with Crippen molar-refractivity contribution >= 4 is 89.3 Å². The molecule has 99 heavy (non-hydrogen) atoms. The van der Waals surface area contributed by atoms with Crippen LogP contribution in [0.2, 0.25) is 5.02 Å². The molecular formula is C72H94ClF3N10O10S3. The molecule has 5 amide bonds. The second kappa shape index (κ2) is 33.2. The number of unbranched alkanes of at least 4 members (excludes halogenated alkanes) is 5. The number of aliphatic hydroxyl groups is 1. The Morgan fingerprint density at radius 1 is 0.778 bits per heavy atom. The third-order valence-electron chi connectivity index (χ3n) is 19.2. The number of β-amino-alcohol motifs (C(OH)–C–C–N with tert-alkyl or cyclic N) is 1. The number of hydrogen-bond donors (Lipinski definition) is 5. The number of allylic oxidation sites excluding steroid dienone is 1. The van der Waals surface area contributed by atoms with E-state index in [1.165, 1.54) is 33.7 Å². The molecule has 1 aromatic heterocycles. The van der Waals surface area contributed by atoms with E-state index < -0.39 is 76.3 Å². The average Bonchev–Trinajstić information content (AvgIpc) is 1.69. The molecule has 0 saturated carbocycles. The molecule has 0 spiro atoms. The quantitative estimate of drug-likeness (QED) is 0.0292. The SMILES string of the molecule is Cc1ncsc1-c1ccc(CNC(=O)[C@@H]2C[C@@H](O)CN2C(=O)[C@@H](NC(=O)CCCCCCCCC(=O)N2CCN(CCCNc3ccc(S(=O)(=O)NC(=O)c4ccc(N5CCN(CC6=C(c7ccc(Cl)cc7)CCC(C)(C)C6)CC5)cc4)cc3S(=O)(=O)C(F)(F)F)CC2)C(C)(C)C)cc1. The van der Waals surface area contributed by atoms with E-state index in [1.807, 2.05) is 68.8 Å². The number of halogens is 4. The summed E-state index contributed by atoms with van der Waals surface area (Å²) in [4.78, 5) is 80.6. The first-order valence-corrected chi connectivity index (χ1v) is 38.4. The molecule has 0 radical (unpaired) electrons. The maximum Gasteiger partial charge on any atom is 0.501 e. The van der Waals surface area contributed by atoms with Crippen molar-refractivity contribution in [2.75, 3.05) is 88.8 Å². The summed E-state index contributed by atoms with van der Waals surface area (Å²) in [6, 6.07) is 22.7. The van der Waals surface area contributed by atoms with Gasteiger partial charge in [0.25, 0.3) is 25.8 Å². The van der Waals surface area contributed by atoms with Crippen molar-refractivity contribution in [2.24, 2.45) is 10.8 Å². The molecule has 5 N–H and O–H groups in total. The van der Waals surface area contributed by atoms with Crippen LogP contribution in [0.3, 0.4) is 0 Å². The van der Waals surface area contributed by atoms with Gasteiger partial charge in [-0.1, -0.05) is 114 Å². The lowest BCUT2D eigenvalue weighted by Gasteiger charge is -2.39. The number of anilines is 2. The van der Waals surface area contributed by atoms with E-state index in [-0.39, 0.29) is 61.2 Å². The first-order chi connectivity index (χ1) is 46.9. The van der Waals surface area contributed by atoms with Crippen LogP contribution >= 0.6 is 22.9 Å². The topological polar surface area (TPSA) is 251 Å². The van der Waals surface area contributed by atoms with Gasteiger partial charge in [0.1, 0.15) is 17.0 Å². The number of carbonyl (C=O) groups excluding carboxylic acids is 5. The van der Waals surface area contributed by atoms with Crippen LogP contribution in [0.5, 0.6) is 0 Å². The van der Waals surface area contributed by atoms with Gasteiger partial charge in [0.2, 0.25) is 23.6 Å². The van der Waals surface area contributed by atoms with Gasteiger partial charge >= 0.3 is 5.51 Å². The van der Waals surface area contributed by atoms with E-state index in [1.54, 1.807) is 33.9 Å². The maximum atomic E-state index is 14.1. The van der Waals surface area contributed by atoms with Crippen LogP contribution < -0.4 is 25.6 Å². The second-order valence-corrected chi connectivity index (χ2v) is 33.2. The highest BCUT2D eigenvalue weighted by molar-refractivity contribution is 7.92. The molecule has 5 aromatic rings. The Morgan fingerprint density at radius 3 is 2.05 bits per heavy atom. The van der Waals surface area contributed by atoms with Gasteiger partial charge in [0.15, 0.2) is 0 Å². The van der Waals surface area contributed by atoms with Crippen LogP contribution in [-0.2, 0) is 45.6 Å². The standard InChI is InChI=1S/C72H94ClF3N10O10S3/c1-49-65(97-48-79-49)52-18-16-50(17-19-52)45-78-68(91)61-42-57(87)47-86(61)69(92)66(70(2,3)4)80-63(88)14-11-9-7-8-10-12-15-64(89)85-40-34-82(35-41-85)33-13-32-77-60-29-28-58(43-62(60)98(93,94)72(74,75)76)99(95,96)81-67(90)53-22-26-56(27-23-53)84-38-36-83(37-39-84)46-54-44-71(5,6)31-30-59(54)51-20-24-55(73)25-21-51/h16-29,43,48,57,61,66,77,87H,7-15,30-42,44-47H2,1-6H3,(H,78,91)(H,80,88)(H,81,90)/t57-,61+,66-/m1/s1. The van der Waals surface area contributed by atoms with Crippen molar-refractivity contribution in [2.45, 2.75) is 165 Å². The predicted molar refractivity (Wildman–Crippen MR) is 380 cm³/mol. The number of piperazine rings is 2. The zero-order chi connectivity index (χ0) is 71.5. The third-order valence-corrected chi connectivity index (χ3v) is 23.3. The van der Waals surface area contributed by atoms with E-state index in [0.717, 1.165) is 104 Å². The number of sulfonamides is 1. The number of rotatable bonds is 28. The van der Waals surface area contributed by atoms with Gasteiger partial charge in [0.05, 0.1) is 32.8 Å². The fraction of sp³-hybridized carbons (Fsp3) is 0.528. The van der Waals surface area contributed by atoms with Crippen LogP contribution in [0.4, 0.5) is 24.5 Å². The largest absolute Gasteiger partial charge is 0.501 e. The Balaban J connectivity index is 0.653. The minimum absolute atomic E-state index is 0.0230. The van der Waals surface area contributed by atoms with Gasteiger partial charge in [0, 0.05) is 114 Å². The lowest BCUT2D eigenvalue weighted by atomic mass is 9.73. The summed E-state index contributed by atoms with van der Waals surface area (Å²) >= 11 is 7.76. The summed E-state index contributed by atoms with van der Waals surface area (Å²) < 4.78 is 97.3. The van der Waals surface area contributed by atoms with Crippen LogP contribution in [0.1, 0.15) is 145 Å². The number of nitrogens with one attached hydrogen (secondary N) is 4. The molecule has 1 aliphatic carbocycles. The number of likely N-dealkylation sites (tertiary alicyclic amines) is 1. The first-order valence-electron chi connectivity index (χ1n) is 34.2. The van der Waals surface area contributed by atoms with Gasteiger partial charge < -0.3 is 35.8 Å². The highest BCUT2D eigenvalue weighted by Crippen LogP contribution is 2.43. The number of aromatic nitrogens is 1. The van der Waals surface area contributed by atoms with Gasteiger partial charge in [-0.3, -0.25) is 33.8 Å². The molecule has 4 aromatic carbocycles. The number of hydrogen-bond acceptors (Lipinski definition) is 16. The van der Waals surface area contributed by atoms with Crippen molar-refractivity contribution in [3.63, 3.8) is 0 Å². The van der Waals surface area contributed by atoms with E-state index in [4.69, 9.17) is 11.6 Å². The molecule has 4 aliphatic rings. The van der Waals surface area contributed by atoms with Gasteiger partial charge in [-0.2, -0.15) is 13.2 Å². The zero-order valence-electron chi connectivity index (χ0n) is 57.4. The number of benzene rings is 4. The van der Waals surface area contributed by atoms with Gasteiger partial charge in [-0.15, -0.1) is 11.3 Å². The monoisotopic (exact) mass is 1450 g/mol. The van der Waals surface area contributed by atoms with Crippen molar-refractivity contribution in [3.8, 4) is 10.4 Å². The Labute approximate surface area is 589 Å². The molecule has 3 atom stereocenters. The average molecular weight is 1450 g/mol. The molecule has 0 bridgehead atoms. The maximum absolute atomic E-state index is 14.1. The number of amides is 5. The zero-order valence-corrected chi connectivity index (χ0v) is 60.6. The third kappa shape index (κ3) is 20.4. The molecule has 9 rings (SSSR count). The normalized spacial score (nSPS) is 18.5. The number of thiazole rings is 1. The molecule has 538 valence electrons. The number of carbonyl (C=O) groups is 5. The summed E-state index contributed by atoms with van der Waals surface area (Å²) in [5.41, 5.74) is 2.75. The minimum Gasteiger partial charge on any atom is -0.391 e. The number of sulfone groups is 1. The fourth-order valence-corrected chi connectivity index (χ4v) is 16.4. The van der Waals surface area contributed by atoms with Crippen molar-refractivity contribution in [1.82, 2.24) is 39.9 Å². The molecule has 27 heteroatoms. The number of alkyl halides is 3.